The SMILES string of the molecule is C[C@H]1CN(C(=O)c2ccc(NS(=O)(=O)Cc3ccc(F)cc3)cc2)CCO1. The minimum Gasteiger partial charge on any atom is -0.375 e. The molecular weight excluding hydrogens is 371 g/mol. The molecule has 1 fully saturated rings. The molecule has 1 aliphatic heterocycles. The number of carbonyl (C=O) groups is 1. The number of ether oxygens (including phenoxy) is 1. The van der Waals surface area contributed by atoms with Gasteiger partial charge in [-0.3, -0.25) is 9.52 Å². The molecule has 0 unspecified atom stereocenters. The fourth-order valence-electron chi connectivity index (χ4n) is 2.88. The smallest absolute Gasteiger partial charge is 0.254 e. The molecule has 1 saturated heterocycles. The number of benzene rings is 2. The first-order valence-electron chi connectivity index (χ1n) is 8.58. The number of halogens is 1. The van der Waals surface area contributed by atoms with Crippen molar-refractivity contribution in [1.82, 2.24) is 4.90 Å². The second-order valence-corrected chi connectivity index (χ2v) is 8.22. The Morgan fingerprint density at radius 1 is 1.19 bits per heavy atom. The number of nitrogens with zero attached hydrogens (tertiary/aromatic N) is 1. The topological polar surface area (TPSA) is 75.7 Å². The predicted octanol–water partition coefficient (Wildman–Crippen LogP) is 2.63. The third kappa shape index (κ3) is 5.27. The lowest BCUT2D eigenvalue weighted by atomic mass is 10.1. The molecule has 0 saturated carbocycles. The van der Waals surface area contributed by atoms with Gasteiger partial charge >= 0.3 is 0 Å². The Balaban J connectivity index is 1.64. The van der Waals surface area contributed by atoms with Gasteiger partial charge < -0.3 is 9.64 Å². The van der Waals surface area contributed by atoms with Crippen LogP contribution in [0, 0.1) is 5.82 Å². The van der Waals surface area contributed by atoms with Crippen LogP contribution in [0.4, 0.5) is 10.1 Å². The van der Waals surface area contributed by atoms with Crippen LogP contribution in [0.25, 0.3) is 0 Å². The van der Waals surface area contributed by atoms with Crippen LogP contribution >= 0.6 is 0 Å². The molecule has 0 aromatic heterocycles. The molecule has 144 valence electrons. The van der Waals surface area contributed by atoms with Crippen LogP contribution < -0.4 is 4.72 Å². The zero-order valence-electron chi connectivity index (χ0n) is 14.9. The largest absolute Gasteiger partial charge is 0.375 e. The van der Waals surface area contributed by atoms with E-state index >= 15 is 0 Å². The van der Waals surface area contributed by atoms with Gasteiger partial charge in [0.1, 0.15) is 5.82 Å². The molecule has 0 aliphatic carbocycles. The second kappa shape index (κ2) is 8.06. The van der Waals surface area contributed by atoms with Gasteiger partial charge in [0, 0.05) is 24.3 Å². The molecule has 1 aliphatic rings. The maximum Gasteiger partial charge on any atom is 0.254 e. The van der Waals surface area contributed by atoms with E-state index in [4.69, 9.17) is 4.74 Å². The van der Waals surface area contributed by atoms with Gasteiger partial charge in [-0.15, -0.1) is 0 Å². The first-order valence-corrected chi connectivity index (χ1v) is 10.2. The van der Waals surface area contributed by atoms with E-state index in [0.29, 0.717) is 36.5 Å². The van der Waals surface area contributed by atoms with Crippen molar-refractivity contribution >= 4 is 21.6 Å². The summed E-state index contributed by atoms with van der Waals surface area (Å²) >= 11 is 0. The Kier molecular flexibility index (Phi) is 5.76. The highest BCUT2D eigenvalue weighted by atomic mass is 32.2. The Morgan fingerprint density at radius 2 is 1.85 bits per heavy atom. The van der Waals surface area contributed by atoms with E-state index in [0.717, 1.165) is 0 Å². The lowest BCUT2D eigenvalue weighted by molar-refractivity contribution is -0.0124. The number of hydrogen-bond acceptors (Lipinski definition) is 4. The van der Waals surface area contributed by atoms with Crippen molar-refractivity contribution in [3.8, 4) is 0 Å². The molecule has 1 heterocycles. The third-order valence-corrected chi connectivity index (χ3v) is 5.46. The molecule has 8 heteroatoms. The fourth-order valence-corrected chi connectivity index (χ4v) is 4.08. The Hall–Kier alpha value is -2.45. The van der Waals surface area contributed by atoms with E-state index in [1.807, 2.05) is 6.92 Å². The summed E-state index contributed by atoms with van der Waals surface area (Å²) in [7, 11) is -3.65. The normalized spacial score (nSPS) is 17.6. The lowest BCUT2D eigenvalue weighted by Gasteiger charge is -2.31. The minimum atomic E-state index is -3.65. The quantitative estimate of drug-likeness (QED) is 0.849. The van der Waals surface area contributed by atoms with Gasteiger partial charge in [0.25, 0.3) is 5.91 Å². The van der Waals surface area contributed by atoms with Crippen LogP contribution in [-0.4, -0.2) is 45.0 Å². The van der Waals surface area contributed by atoms with E-state index in [9.17, 15) is 17.6 Å². The lowest BCUT2D eigenvalue weighted by Crippen LogP contribution is -2.44. The highest BCUT2D eigenvalue weighted by molar-refractivity contribution is 7.91. The molecule has 27 heavy (non-hydrogen) atoms. The number of amides is 1. The zero-order valence-corrected chi connectivity index (χ0v) is 15.7. The number of morpholine rings is 1. The summed E-state index contributed by atoms with van der Waals surface area (Å²) in [6.07, 6.45) is 0.000226. The van der Waals surface area contributed by atoms with Gasteiger partial charge in [0.15, 0.2) is 0 Å². The highest BCUT2D eigenvalue weighted by Crippen LogP contribution is 2.16. The van der Waals surface area contributed by atoms with Crippen molar-refractivity contribution in [2.45, 2.75) is 18.8 Å². The molecule has 0 spiro atoms. The van der Waals surface area contributed by atoms with E-state index in [1.165, 1.54) is 24.3 Å². The molecule has 0 bridgehead atoms. The van der Waals surface area contributed by atoms with Crippen LogP contribution in [0.5, 0.6) is 0 Å². The first kappa shape index (κ1) is 19.3. The summed E-state index contributed by atoms with van der Waals surface area (Å²) in [5.41, 5.74) is 1.34. The molecule has 6 nitrogen and oxygen atoms in total. The minimum absolute atomic E-state index is 0.000226. The van der Waals surface area contributed by atoms with Crippen molar-refractivity contribution in [3.63, 3.8) is 0 Å². The predicted molar refractivity (Wildman–Crippen MR) is 100 cm³/mol. The van der Waals surface area contributed by atoms with Gasteiger partial charge in [-0.25, -0.2) is 12.8 Å². The van der Waals surface area contributed by atoms with E-state index < -0.39 is 15.8 Å². The molecular formula is C19H21FN2O4S. The van der Waals surface area contributed by atoms with Crippen LogP contribution in [0.15, 0.2) is 48.5 Å². The number of rotatable bonds is 5. The van der Waals surface area contributed by atoms with Gasteiger partial charge in [-0.2, -0.15) is 0 Å². The molecule has 1 N–H and O–H groups in total. The molecule has 2 aromatic rings. The summed E-state index contributed by atoms with van der Waals surface area (Å²) in [6.45, 7) is 3.49. The fraction of sp³-hybridized carbons (Fsp3) is 0.316. The zero-order chi connectivity index (χ0) is 19.4. The summed E-state index contributed by atoms with van der Waals surface area (Å²) in [5.74, 6) is -0.788. The van der Waals surface area contributed by atoms with Gasteiger partial charge in [-0.1, -0.05) is 12.1 Å². The van der Waals surface area contributed by atoms with E-state index in [2.05, 4.69) is 4.72 Å². The van der Waals surface area contributed by atoms with Crippen molar-refractivity contribution in [2.75, 3.05) is 24.4 Å². The summed E-state index contributed by atoms with van der Waals surface area (Å²) < 4.78 is 45.3. The molecule has 2 aromatic carbocycles. The summed E-state index contributed by atoms with van der Waals surface area (Å²) in [4.78, 5) is 14.2. The van der Waals surface area contributed by atoms with Crippen LogP contribution in [-0.2, 0) is 20.5 Å². The van der Waals surface area contributed by atoms with Gasteiger partial charge in [0.05, 0.1) is 18.5 Å². The maximum atomic E-state index is 12.9. The van der Waals surface area contributed by atoms with E-state index in [1.54, 1.807) is 29.2 Å². The number of sulfonamides is 1. The Morgan fingerprint density at radius 3 is 2.48 bits per heavy atom. The van der Waals surface area contributed by atoms with E-state index in [-0.39, 0.29) is 17.8 Å². The molecule has 0 radical (unpaired) electrons. The van der Waals surface area contributed by atoms with Gasteiger partial charge in [-0.05, 0) is 48.9 Å². The average molecular weight is 392 g/mol. The van der Waals surface area contributed by atoms with Crippen molar-refractivity contribution < 1.29 is 22.3 Å². The van der Waals surface area contributed by atoms with Crippen molar-refractivity contribution in [1.29, 1.82) is 0 Å². The Bertz CT molecular complexity index is 898. The number of carbonyl (C=O) groups excluding carboxylic acids is 1. The van der Waals surface area contributed by atoms with Crippen LogP contribution in [0.3, 0.4) is 0 Å². The van der Waals surface area contributed by atoms with Crippen LogP contribution in [0.1, 0.15) is 22.8 Å². The van der Waals surface area contributed by atoms with Crippen LogP contribution in [0.2, 0.25) is 0 Å². The first-order chi connectivity index (χ1) is 12.8. The Labute approximate surface area is 158 Å². The number of anilines is 1. The molecule has 3 rings (SSSR count). The molecule has 1 atom stereocenters. The second-order valence-electron chi connectivity index (χ2n) is 6.50. The summed E-state index contributed by atoms with van der Waals surface area (Å²) in [6, 6.07) is 11.6. The molecule has 1 amide bonds. The maximum absolute atomic E-state index is 12.9. The standard InChI is InChI=1S/C19H21FN2O4S/c1-14-12-22(10-11-26-14)19(23)16-4-8-18(9-5-16)21-27(24,25)13-15-2-6-17(20)7-3-15/h2-9,14,21H,10-13H2,1H3/t14-/m0/s1. The van der Waals surface area contributed by atoms with Crippen molar-refractivity contribution in [3.05, 3.63) is 65.5 Å². The number of nitrogens with one attached hydrogen (secondary N) is 1. The highest BCUT2D eigenvalue weighted by Gasteiger charge is 2.22. The number of hydrogen-bond donors (Lipinski definition) is 1. The monoisotopic (exact) mass is 392 g/mol. The van der Waals surface area contributed by atoms with Crippen molar-refractivity contribution in [2.24, 2.45) is 0 Å². The van der Waals surface area contributed by atoms with Gasteiger partial charge in [0.2, 0.25) is 10.0 Å². The average Bonchev–Trinajstić information content (AvgIpc) is 2.63. The summed E-state index contributed by atoms with van der Waals surface area (Å²) in [5, 5.41) is 0. The third-order valence-electron chi connectivity index (χ3n) is 4.20.